The summed E-state index contributed by atoms with van der Waals surface area (Å²) in [4.78, 5) is 21.4. The molecule has 0 bridgehead atoms. The molecule has 5 aromatic carbocycles. The minimum Gasteiger partial charge on any atom is -0.478 e. The van der Waals surface area contributed by atoms with E-state index < -0.39 is 17.3 Å². The molecule has 0 aliphatic carbocycles. The molecule has 8 rings (SSSR count). The van der Waals surface area contributed by atoms with E-state index >= 15 is 4.39 Å². The molecular weight excluding hydrogens is 976 g/mol. The fourth-order valence-electron chi connectivity index (χ4n) is 9.30. The third-order valence-electron chi connectivity index (χ3n) is 12.9. The molecule has 370 valence electrons. The largest absolute Gasteiger partial charge is 0.478 e. The van der Waals surface area contributed by atoms with Crippen molar-refractivity contribution in [3.8, 4) is 22.4 Å². The van der Waals surface area contributed by atoms with E-state index in [2.05, 4.69) is 36.9 Å². The van der Waals surface area contributed by atoms with Crippen LogP contribution in [-0.4, -0.2) is 96.9 Å². The number of aromatic carboxylic acids is 1. The third kappa shape index (κ3) is 13.1. The molecule has 70 heavy (non-hydrogen) atoms. The summed E-state index contributed by atoms with van der Waals surface area (Å²) in [5.41, 5.74) is 1.62. The summed E-state index contributed by atoms with van der Waals surface area (Å²) in [6.45, 7) is 9.51. The number of alkyl halides is 3. The molecule has 0 saturated carbocycles. The summed E-state index contributed by atoms with van der Waals surface area (Å²) >= 11 is 9.07. The summed E-state index contributed by atoms with van der Waals surface area (Å²) in [6.07, 6.45) is 3.00. The Balaban J connectivity index is 0.911. The topological polar surface area (TPSA) is 85.2 Å². The van der Waals surface area contributed by atoms with Gasteiger partial charge in [-0.05, 0) is 153 Å². The Morgan fingerprint density at radius 1 is 0.843 bits per heavy atom. The number of likely N-dealkylation sites (tertiary alicyclic amines) is 1. The Morgan fingerprint density at radius 2 is 1.53 bits per heavy atom. The summed E-state index contributed by atoms with van der Waals surface area (Å²) in [5, 5.41) is 14.5. The number of methoxy groups -OCH3 is 1. The first-order valence-corrected chi connectivity index (χ1v) is 26.4. The van der Waals surface area contributed by atoms with Crippen molar-refractivity contribution in [3.63, 3.8) is 0 Å². The SMILES string of the molecule is CCn1c(C)c(C(=O)O)c(-c2cc(F)cc(N3CCN(c4ccc(NSc5ccc(NC(CCN6CCC(OC)CC6)CSc6ccccc6)c(SC(F)(F)F)c5)cc4)CC3)c2)c1-c1ccc(Cl)cc1. The van der Waals surface area contributed by atoms with Crippen LogP contribution in [0.5, 0.6) is 0 Å². The van der Waals surface area contributed by atoms with Crippen LogP contribution in [0.4, 0.5) is 40.3 Å². The zero-order chi connectivity index (χ0) is 49.4. The second-order valence-electron chi connectivity index (χ2n) is 17.4. The maximum Gasteiger partial charge on any atom is 0.446 e. The number of aromatic nitrogens is 1. The Kier molecular flexibility index (Phi) is 17.3. The zero-order valence-corrected chi connectivity index (χ0v) is 42.5. The number of hydrogen-bond donors (Lipinski definition) is 3. The van der Waals surface area contributed by atoms with Crippen LogP contribution in [0.1, 0.15) is 42.2 Å². The number of carboxylic acid groups (broad SMARTS) is 1. The molecule has 0 spiro atoms. The van der Waals surface area contributed by atoms with E-state index in [0.717, 1.165) is 60.7 Å². The molecule has 3 heterocycles. The molecule has 3 N–H and O–H groups in total. The van der Waals surface area contributed by atoms with Gasteiger partial charge in [0, 0.05) is 125 Å². The normalized spacial score (nSPS) is 15.3. The lowest BCUT2D eigenvalue weighted by molar-refractivity contribution is -0.0328. The number of nitrogens with zero attached hydrogens (tertiary/aromatic N) is 4. The van der Waals surface area contributed by atoms with E-state index in [1.165, 1.54) is 24.1 Å². The highest BCUT2D eigenvalue weighted by molar-refractivity contribution is 8.01. The number of carboxylic acids is 1. The van der Waals surface area contributed by atoms with Gasteiger partial charge in [-0.25, -0.2) is 9.18 Å². The number of nitrogens with one attached hydrogen (secondary N) is 2. The Hall–Kier alpha value is -4.97. The van der Waals surface area contributed by atoms with Crippen molar-refractivity contribution in [2.75, 3.05) is 78.5 Å². The number of anilines is 4. The van der Waals surface area contributed by atoms with Crippen molar-refractivity contribution in [2.24, 2.45) is 0 Å². The van der Waals surface area contributed by atoms with Gasteiger partial charge in [0.25, 0.3) is 0 Å². The highest BCUT2D eigenvalue weighted by Crippen LogP contribution is 2.44. The van der Waals surface area contributed by atoms with Gasteiger partial charge in [-0.2, -0.15) is 13.2 Å². The second-order valence-corrected chi connectivity index (χ2v) is 20.9. The average Bonchev–Trinajstić information content (AvgIpc) is 3.67. The first-order valence-electron chi connectivity index (χ1n) is 23.4. The molecule has 9 nitrogen and oxygen atoms in total. The number of piperidine rings is 1. The number of thioether (sulfide) groups is 2. The highest BCUT2D eigenvalue weighted by Gasteiger charge is 2.32. The minimum absolute atomic E-state index is 0.0668. The zero-order valence-electron chi connectivity index (χ0n) is 39.3. The van der Waals surface area contributed by atoms with Crippen LogP contribution in [-0.2, 0) is 11.3 Å². The summed E-state index contributed by atoms with van der Waals surface area (Å²) < 4.78 is 68.5. The Bertz CT molecular complexity index is 2700. The van der Waals surface area contributed by atoms with Crippen LogP contribution in [0.2, 0.25) is 5.02 Å². The smallest absolute Gasteiger partial charge is 0.446 e. The maximum absolute atomic E-state index is 15.6. The third-order valence-corrected chi connectivity index (χ3v) is 15.9. The summed E-state index contributed by atoms with van der Waals surface area (Å²) in [5.74, 6) is -0.837. The molecule has 1 aromatic heterocycles. The van der Waals surface area contributed by atoms with Gasteiger partial charge in [-0.15, -0.1) is 11.8 Å². The van der Waals surface area contributed by atoms with Crippen molar-refractivity contribution in [1.29, 1.82) is 0 Å². The van der Waals surface area contributed by atoms with Crippen molar-refractivity contribution < 1.29 is 32.2 Å². The van der Waals surface area contributed by atoms with Gasteiger partial charge >= 0.3 is 11.5 Å². The van der Waals surface area contributed by atoms with Crippen LogP contribution < -0.4 is 19.8 Å². The van der Waals surface area contributed by atoms with Crippen LogP contribution in [0, 0.1) is 12.7 Å². The Labute approximate surface area is 425 Å². The van der Waals surface area contributed by atoms with Crippen LogP contribution in [0.3, 0.4) is 0 Å². The van der Waals surface area contributed by atoms with Gasteiger partial charge in [0.05, 0.1) is 17.4 Å². The summed E-state index contributed by atoms with van der Waals surface area (Å²) in [6, 6.07) is 35.1. The number of halogens is 5. The monoisotopic (exact) mass is 1030 g/mol. The van der Waals surface area contributed by atoms with Crippen molar-refractivity contribution in [3.05, 3.63) is 137 Å². The fourth-order valence-corrected chi connectivity index (χ4v) is 11.8. The predicted octanol–water partition coefficient (Wildman–Crippen LogP) is 13.8. The van der Waals surface area contributed by atoms with Crippen molar-refractivity contribution in [1.82, 2.24) is 9.47 Å². The molecule has 2 saturated heterocycles. The minimum atomic E-state index is -4.47. The van der Waals surface area contributed by atoms with E-state index in [-0.39, 0.29) is 34.4 Å². The average molecular weight is 1030 g/mol. The first kappa shape index (κ1) is 51.4. The van der Waals surface area contributed by atoms with E-state index in [0.29, 0.717) is 82.3 Å². The van der Waals surface area contributed by atoms with Crippen LogP contribution in [0.15, 0.2) is 130 Å². The lowest BCUT2D eigenvalue weighted by Gasteiger charge is -2.37. The molecule has 2 aliphatic heterocycles. The fraction of sp³-hybridized carbons (Fsp3) is 0.340. The molecule has 6 aromatic rings. The molecule has 17 heteroatoms. The van der Waals surface area contributed by atoms with Crippen LogP contribution in [0.25, 0.3) is 22.4 Å². The first-order chi connectivity index (χ1) is 33.7. The summed E-state index contributed by atoms with van der Waals surface area (Å²) in [7, 11) is 1.75. The molecule has 0 amide bonds. The van der Waals surface area contributed by atoms with E-state index in [1.54, 1.807) is 50.1 Å². The molecule has 2 fully saturated rings. The van der Waals surface area contributed by atoms with Gasteiger partial charge in [0.2, 0.25) is 0 Å². The van der Waals surface area contributed by atoms with Gasteiger partial charge in [0.1, 0.15) is 5.82 Å². The second kappa shape index (κ2) is 23.5. The Morgan fingerprint density at radius 3 is 2.17 bits per heavy atom. The predicted molar refractivity (Wildman–Crippen MR) is 282 cm³/mol. The van der Waals surface area contributed by atoms with E-state index in [1.807, 2.05) is 78.2 Å². The molecule has 2 aliphatic rings. The number of ether oxygens (including phenoxy) is 1. The van der Waals surface area contributed by atoms with Gasteiger partial charge in [0.15, 0.2) is 0 Å². The number of carbonyl (C=O) groups is 1. The molecule has 0 radical (unpaired) electrons. The number of piperazine rings is 1. The van der Waals surface area contributed by atoms with Crippen molar-refractivity contribution >= 4 is 75.8 Å². The number of hydrogen-bond acceptors (Lipinski definition) is 10. The van der Waals surface area contributed by atoms with Crippen LogP contribution >= 0.6 is 47.1 Å². The van der Waals surface area contributed by atoms with Gasteiger partial charge < -0.3 is 39.1 Å². The maximum atomic E-state index is 15.6. The lowest BCUT2D eigenvalue weighted by Crippen LogP contribution is -2.46. The number of benzene rings is 5. The van der Waals surface area contributed by atoms with Gasteiger partial charge in [-0.3, -0.25) is 0 Å². The number of rotatable bonds is 19. The van der Waals surface area contributed by atoms with Crippen molar-refractivity contribution in [2.45, 2.75) is 72.0 Å². The molecule has 1 atom stereocenters. The lowest BCUT2D eigenvalue weighted by atomic mass is 9.96. The molecular formula is C53H57ClF4N6O3S3. The van der Waals surface area contributed by atoms with E-state index in [4.69, 9.17) is 16.3 Å². The quantitative estimate of drug-likeness (QED) is 0.0412. The van der Waals surface area contributed by atoms with Gasteiger partial charge in [-0.1, -0.05) is 41.9 Å². The van der Waals surface area contributed by atoms with E-state index in [9.17, 15) is 23.1 Å². The highest BCUT2D eigenvalue weighted by atomic mass is 35.5. The molecule has 1 unspecified atom stereocenters. The standard InChI is InChI=1S/C53H57ClF4N6O3S3/c1-4-64-35(2)49(52(65)66)50(51(64)36-10-12-38(54)13-11-36)37-30-39(55)32-43(31-37)63-28-26-62(27-29-63)42-16-14-40(15-17-42)60-70-46-18-19-47(48(33-46)69-53(56,57)58)59-41(34-68-45-8-6-5-7-9-45)20-23-61-24-21-44(67-3)22-25-61/h5-19,30-33,41,44,59-60H,4,20-29,34H2,1-3H3,(H,65,66).